The second-order valence-corrected chi connectivity index (χ2v) is 16.3. The predicted molar refractivity (Wildman–Crippen MR) is 284 cm³/mol. The summed E-state index contributed by atoms with van der Waals surface area (Å²) < 4.78 is 100. The third-order valence-corrected chi connectivity index (χ3v) is 12.1. The number of hydrogen-bond acceptors (Lipinski definition) is 5. The molecule has 0 aliphatic carbocycles. The zero-order valence-corrected chi connectivity index (χ0v) is 39.9. The number of rotatable bonds is 10. The van der Waals surface area contributed by atoms with Gasteiger partial charge < -0.3 is 9.30 Å². The molecule has 0 fully saturated rings. The molecular weight excluding hydrogens is 1070 g/mol. The molecule has 12 aromatic rings. The van der Waals surface area contributed by atoms with Gasteiger partial charge >= 0.3 is 27.1 Å². The van der Waals surface area contributed by atoms with Gasteiger partial charge in [-0.2, -0.15) is 6.07 Å². The van der Waals surface area contributed by atoms with E-state index in [-0.39, 0.29) is 60.5 Å². The van der Waals surface area contributed by atoms with Crippen LogP contribution in [0.4, 0.5) is 22.7 Å². The van der Waals surface area contributed by atoms with Gasteiger partial charge in [0.15, 0.2) is 11.6 Å². The summed E-state index contributed by atoms with van der Waals surface area (Å²) in [5.41, 5.74) is 5.14. The van der Waals surface area contributed by atoms with Crippen molar-refractivity contribution in [3.05, 3.63) is 249 Å². The second kappa shape index (κ2) is 19.0. The van der Waals surface area contributed by atoms with Crippen LogP contribution < -0.4 is 13.9 Å². The van der Waals surface area contributed by atoms with E-state index in [4.69, 9.17) is 38.4 Å². The molecular formula is C63H39N7OPt+2. The molecule has 8 nitrogen and oxygen atoms in total. The first kappa shape index (κ1) is 34.2. The maximum atomic E-state index is 9.11. The van der Waals surface area contributed by atoms with E-state index in [0.717, 1.165) is 27.4 Å². The number of nitrogens with zero attached hydrogens (tertiary/aromatic N) is 7. The van der Waals surface area contributed by atoms with Gasteiger partial charge in [-0.15, -0.1) is 23.6 Å². The van der Waals surface area contributed by atoms with E-state index in [1.807, 2.05) is 126 Å². The maximum absolute atomic E-state index is 9.11. The number of pyridine rings is 1. The van der Waals surface area contributed by atoms with Gasteiger partial charge in [0.25, 0.3) is 11.4 Å². The summed E-state index contributed by atoms with van der Waals surface area (Å²) >= 11 is 0. The Morgan fingerprint density at radius 1 is 0.500 bits per heavy atom. The molecule has 1 aliphatic heterocycles. The van der Waals surface area contributed by atoms with Crippen molar-refractivity contribution in [2.75, 3.05) is 0 Å². The fourth-order valence-corrected chi connectivity index (χ4v) is 8.92. The molecule has 0 bridgehead atoms. The number of hydrogen-bond donors (Lipinski definition) is 0. The van der Waals surface area contributed by atoms with Crippen molar-refractivity contribution in [3.63, 3.8) is 0 Å². The van der Waals surface area contributed by atoms with Crippen LogP contribution >= 0.6 is 0 Å². The predicted octanol–water partition coefficient (Wildman–Crippen LogP) is 14.9. The molecule has 0 N–H and O–H groups in total. The Morgan fingerprint density at radius 3 is 1.74 bits per heavy atom. The average Bonchev–Trinajstić information content (AvgIpc) is 3.06. The molecule has 0 unspecified atom stereocenters. The number of aromatic nitrogens is 5. The molecule has 0 atom stereocenters. The van der Waals surface area contributed by atoms with Gasteiger partial charge in [-0.05, 0) is 57.0 Å². The average molecular weight is 1120 g/mol. The molecule has 9 aromatic carbocycles. The van der Waals surface area contributed by atoms with Gasteiger partial charge in [0.1, 0.15) is 17.3 Å². The summed E-state index contributed by atoms with van der Waals surface area (Å²) in [6.45, 7) is 0. The molecule has 0 saturated heterocycles. The normalized spacial score (nSPS) is 13.7. The minimum Gasteiger partial charge on any atom is -0.508 e. The fraction of sp³-hybridized carbons (Fsp3) is 0. The largest absolute Gasteiger partial charge is 2.00 e. The molecule has 13 rings (SSSR count). The fourth-order valence-electron chi connectivity index (χ4n) is 8.92. The van der Waals surface area contributed by atoms with Crippen molar-refractivity contribution >= 4 is 50.6 Å². The number of fused-ring (bicyclic) bond motifs is 4. The van der Waals surface area contributed by atoms with E-state index < -0.39 is 60.4 Å². The van der Waals surface area contributed by atoms with Crippen molar-refractivity contribution in [1.29, 1.82) is 0 Å². The molecule has 0 radical (unpaired) electrons. The third kappa shape index (κ3) is 8.01. The van der Waals surface area contributed by atoms with E-state index in [2.05, 4.69) is 18.1 Å². The zero-order valence-electron chi connectivity index (χ0n) is 47.6. The zero-order chi connectivity index (χ0) is 55.8. The van der Waals surface area contributed by atoms with Crippen molar-refractivity contribution in [1.82, 2.24) is 33.7 Å². The Labute approximate surface area is 444 Å². The van der Waals surface area contributed by atoms with Gasteiger partial charge in [0, 0.05) is 46.5 Å². The van der Waals surface area contributed by atoms with Crippen molar-refractivity contribution < 1.29 is 39.5 Å². The van der Waals surface area contributed by atoms with E-state index in [1.54, 1.807) is 63.9 Å². The Hall–Kier alpha value is -9.19. The maximum Gasteiger partial charge on any atom is 2.00 e. The molecule has 340 valence electrons. The van der Waals surface area contributed by atoms with Crippen LogP contribution in [0.25, 0.3) is 84.0 Å². The first-order valence-electron chi connectivity index (χ1n) is 27.6. The smallest absolute Gasteiger partial charge is 0.508 e. The van der Waals surface area contributed by atoms with Crippen LogP contribution in [-0.2, 0) is 21.1 Å². The number of ether oxygens (including phenoxy) is 1. The second-order valence-electron chi connectivity index (χ2n) is 16.3. The van der Waals surface area contributed by atoms with Crippen molar-refractivity contribution in [2.45, 2.75) is 0 Å². The molecule has 1 aliphatic rings. The minimum atomic E-state index is -0.590. The Kier molecular flexibility index (Phi) is 8.99. The van der Waals surface area contributed by atoms with Gasteiger partial charge in [0.2, 0.25) is 5.69 Å². The van der Waals surface area contributed by atoms with E-state index in [0.29, 0.717) is 51.4 Å². The monoisotopic (exact) mass is 1110 g/mol. The van der Waals surface area contributed by atoms with Crippen LogP contribution in [-0.4, -0.2) is 30.5 Å². The molecule has 72 heavy (non-hydrogen) atoms. The molecule has 0 amide bonds. The van der Waals surface area contributed by atoms with E-state index >= 15 is 0 Å². The number of benzene rings is 9. The summed E-state index contributed by atoms with van der Waals surface area (Å²) in [5.74, 6) is 2.38. The van der Waals surface area contributed by atoms with Crippen LogP contribution in [0.5, 0.6) is 11.5 Å². The Bertz CT molecular complexity index is 4470. The third-order valence-electron chi connectivity index (χ3n) is 12.1. The molecule has 4 heterocycles. The van der Waals surface area contributed by atoms with Gasteiger partial charge in [0.05, 0.1) is 24.8 Å². The van der Waals surface area contributed by atoms with Crippen LogP contribution in [0, 0.1) is 12.1 Å². The van der Waals surface area contributed by atoms with E-state index in [9.17, 15) is 0 Å². The topological polar surface area (TPSA) is 71.7 Å². The summed E-state index contributed by atoms with van der Waals surface area (Å²) in [6, 6.07) is 57.4. The quantitative estimate of drug-likeness (QED) is 0.101. The van der Waals surface area contributed by atoms with Gasteiger partial charge in [-0.25, -0.2) is 19.9 Å². The number of para-hydroxylation sites is 4. The minimum absolute atomic E-state index is 0. The first-order valence-corrected chi connectivity index (χ1v) is 22.6. The standard InChI is InChI=1S/C63H39N7O.Pt/c1-5-21-43(22-6-1)49-32-20-33-50(44-23-7-2-8-24-44)60(49)69-42-68(55-35-15-16-36-56(55)69)47-29-19-30-48(39-47)71-58-41-57-52(51-31-13-14-34-54(51)70(57)59-37-17-18-38-64-59)40-53(58)63-66-61(45-25-9-3-10-26-45)65-62(67-63)46-27-11-4-12-28-46;/h1-38,40H;/q;+2/i1D,2D,5D,6D,7D,8D,21D,22D,23D,24D;. The van der Waals surface area contributed by atoms with Crippen LogP contribution in [0.3, 0.4) is 0 Å². The Balaban J connectivity index is 0.00000665. The molecule has 9 heteroatoms. The molecule has 3 aromatic heterocycles. The summed E-state index contributed by atoms with van der Waals surface area (Å²) in [7, 11) is 0. The SMILES string of the molecule is [2H]c1c([2H])c([2H])c(-c2cccc(-c3c([2H])c([2H])c([2H])c([2H])c3[2H])c2[N+]2=C=[N+](c3[c-]c(Oc4[c-]c5c(cc4-c4nc(-c6ccccc6)nc(-c6ccccc6)n4)c4ccccc4n5-c4ccccn4)ccc3)c3ccccc32)c([2H])c1[2H].[Pt+2]. The van der Waals surface area contributed by atoms with Crippen LogP contribution in [0.1, 0.15) is 13.7 Å². The van der Waals surface area contributed by atoms with Crippen LogP contribution in [0.15, 0.2) is 236 Å². The first-order chi connectivity index (χ1) is 39.4. The summed E-state index contributed by atoms with van der Waals surface area (Å²) in [4.78, 5) is 20.0. The Morgan fingerprint density at radius 2 is 1.08 bits per heavy atom. The van der Waals surface area contributed by atoms with Crippen molar-refractivity contribution in [2.24, 2.45) is 0 Å². The molecule has 0 spiro atoms. The van der Waals surface area contributed by atoms with Crippen molar-refractivity contribution in [3.8, 4) is 73.7 Å². The van der Waals surface area contributed by atoms with E-state index in [1.165, 1.54) is 0 Å². The van der Waals surface area contributed by atoms with Gasteiger partial charge in [-0.3, -0.25) is 0 Å². The summed E-state index contributed by atoms with van der Waals surface area (Å²) in [6.07, 6.45) is 1.74. The van der Waals surface area contributed by atoms with Crippen LogP contribution in [0.2, 0.25) is 0 Å². The summed E-state index contributed by atoms with van der Waals surface area (Å²) in [5, 5.41) is 1.77. The van der Waals surface area contributed by atoms with Gasteiger partial charge in [-0.1, -0.05) is 186 Å². The molecule has 0 saturated carbocycles.